The average molecular weight is 432 g/mol. The van der Waals surface area contributed by atoms with Crippen molar-refractivity contribution < 1.29 is 4.79 Å². The molecule has 1 fully saturated rings. The summed E-state index contributed by atoms with van der Waals surface area (Å²) in [6.45, 7) is 8.37. The Labute approximate surface area is 192 Å². The summed E-state index contributed by atoms with van der Waals surface area (Å²) in [4.78, 5) is 15.0. The highest BCUT2D eigenvalue weighted by Crippen LogP contribution is 2.24. The van der Waals surface area contributed by atoms with E-state index in [1.54, 1.807) is 0 Å². The quantitative estimate of drug-likeness (QED) is 0.466. The van der Waals surface area contributed by atoms with Gasteiger partial charge in [-0.3, -0.25) is 4.79 Å². The predicted molar refractivity (Wildman–Crippen MR) is 133 cm³/mol. The lowest BCUT2D eigenvalue weighted by atomic mass is 10.0. The molecule has 0 saturated carbocycles. The van der Waals surface area contributed by atoms with Crippen LogP contribution < -0.4 is 5.32 Å². The third kappa shape index (κ3) is 5.80. The van der Waals surface area contributed by atoms with Crippen molar-refractivity contribution in [3.05, 3.63) is 71.4 Å². The maximum absolute atomic E-state index is 12.5. The number of carbonyl (C=O) groups is 1. The maximum Gasteiger partial charge on any atom is 0.220 e. The van der Waals surface area contributed by atoms with Crippen LogP contribution in [-0.2, 0) is 17.8 Å². The van der Waals surface area contributed by atoms with Crippen LogP contribution in [0.2, 0.25) is 0 Å². The van der Waals surface area contributed by atoms with Crippen LogP contribution in [0.3, 0.4) is 0 Å². The van der Waals surface area contributed by atoms with Crippen molar-refractivity contribution in [2.24, 2.45) is 0 Å². The molecule has 3 aromatic rings. The Balaban J connectivity index is 1.30. The number of nitrogens with zero attached hydrogens (tertiary/aromatic N) is 2. The van der Waals surface area contributed by atoms with Crippen LogP contribution in [0.4, 0.5) is 0 Å². The smallest absolute Gasteiger partial charge is 0.220 e. The van der Waals surface area contributed by atoms with Crippen LogP contribution in [0.5, 0.6) is 0 Å². The first-order valence-electron chi connectivity index (χ1n) is 12.2. The Bertz CT molecular complexity index is 1020. The third-order valence-corrected chi connectivity index (χ3v) is 6.85. The fraction of sp³-hybridized carbons (Fsp3) is 0.464. The number of para-hydroxylation sites is 1. The van der Waals surface area contributed by atoms with Crippen LogP contribution in [-0.4, -0.2) is 41.1 Å². The first-order chi connectivity index (χ1) is 15.6. The third-order valence-electron chi connectivity index (χ3n) is 6.85. The van der Waals surface area contributed by atoms with Crippen molar-refractivity contribution in [1.82, 2.24) is 14.8 Å². The number of aryl methyl sites for hydroxylation is 2. The molecular formula is C28H37N3O. The highest BCUT2D eigenvalue weighted by atomic mass is 16.1. The molecule has 1 atom stereocenters. The van der Waals surface area contributed by atoms with Crippen molar-refractivity contribution in [2.45, 2.75) is 65.0 Å². The van der Waals surface area contributed by atoms with Gasteiger partial charge in [-0.25, -0.2) is 0 Å². The van der Waals surface area contributed by atoms with Gasteiger partial charge < -0.3 is 14.8 Å². The second kappa shape index (κ2) is 10.8. The molecular weight excluding hydrogens is 394 g/mol. The van der Waals surface area contributed by atoms with Crippen LogP contribution in [0.1, 0.15) is 55.7 Å². The minimum Gasteiger partial charge on any atom is -0.356 e. The summed E-state index contributed by atoms with van der Waals surface area (Å²) < 4.78 is 2.31. The number of carbonyl (C=O) groups excluding carboxylic acids is 1. The second-order valence-electron chi connectivity index (χ2n) is 9.37. The Kier molecular flexibility index (Phi) is 7.64. The Morgan fingerprint density at radius 3 is 2.72 bits per heavy atom. The molecule has 1 amide bonds. The minimum absolute atomic E-state index is 0.159. The van der Waals surface area contributed by atoms with E-state index in [1.807, 2.05) is 0 Å². The van der Waals surface area contributed by atoms with E-state index in [2.05, 4.69) is 83.4 Å². The number of hydrogen-bond acceptors (Lipinski definition) is 2. The van der Waals surface area contributed by atoms with Crippen LogP contribution in [0, 0.1) is 6.92 Å². The molecule has 4 heteroatoms. The Morgan fingerprint density at radius 1 is 1.09 bits per heavy atom. The SMILES string of the molecule is Cc1ccc(Cn2cc(CCC(=O)NCCCN3CCCC[C@@H]3C)c3ccccc32)cc1. The lowest BCUT2D eigenvalue weighted by molar-refractivity contribution is -0.121. The molecule has 2 heterocycles. The summed E-state index contributed by atoms with van der Waals surface area (Å²) in [5.41, 5.74) is 5.07. The monoisotopic (exact) mass is 431 g/mol. The largest absolute Gasteiger partial charge is 0.356 e. The van der Waals surface area contributed by atoms with Crippen molar-refractivity contribution in [3.63, 3.8) is 0 Å². The number of amides is 1. The molecule has 4 nitrogen and oxygen atoms in total. The zero-order chi connectivity index (χ0) is 22.3. The number of fused-ring (bicyclic) bond motifs is 1. The number of rotatable bonds is 9. The predicted octanol–water partition coefficient (Wildman–Crippen LogP) is 5.31. The summed E-state index contributed by atoms with van der Waals surface area (Å²) in [5, 5.41) is 4.39. The fourth-order valence-electron chi connectivity index (χ4n) is 4.88. The lowest BCUT2D eigenvalue weighted by Crippen LogP contribution is -2.39. The van der Waals surface area contributed by atoms with Gasteiger partial charge in [-0.1, -0.05) is 54.4 Å². The molecule has 0 aliphatic carbocycles. The maximum atomic E-state index is 12.5. The van der Waals surface area contributed by atoms with Crippen molar-refractivity contribution >= 4 is 16.8 Å². The number of aromatic nitrogens is 1. The highest BCUT2D eigenvalue weighted by Gasteiger charge is 2.17. The molecule has 32 heavy (non-hydrogen) atoms. The molecule has 1 aliphatic rings. The standard InChI is InChI=1S/C28H37N3O/c1-22-11-13-24(14-12-22)20-31-21-25(26-9-3-4-10-27(26)31)15-16-28(32)29-17-7-19-30-18-6-5-8-23(30)2/h3-4,9-14,21,23H,5-8,15-20H2,1-2H3,(H,29,32)/t23-/m0/s1. The molecule has 170 valence electrons. The zero-order valence-electron chi connectivity index (χ0n) is 19.6. The van der Waals surface area contributed by atoms with E-state index in [0.717, 1.165) is 32.5 Å². The van der Waals surface area contributed by atoms with E-state index in [1.165, 1.54) is 53.4 Å². The van der Waals surface area contributed by atoms with Gasteiger partial charge in [0.05, 0.1) is 0 Å². The van der Waals surface area contributed by atoms with Crippen LogP contribution in [0.25, 0.3) is 10.9 Å². The molecule has 1 aliphatic heterocycles. The van der Waals surface area contributed by atoms with Gasteiger partial charge >= 0.3 is 0 Å². The molecule has 1 aromatic heterocycles. The van der Waals surface area contributed by atoms with Gasteiger partial charge in [-0.05, 0) is 63.3 Å². The number of likely N-dealkylation sites (tertiary alicyclic amines) is 1. The van der Waals surface area contributed by atoms with E-state index in [-0.39, 0.29) is 5.91 Å². The molecule has 0 bridgehead atoms. The number of nitrogens with one attached hydrogen (secondary N) is 1. The fourth-order valence-corrected chi connectivity index (χ4v) is 4.88. The van der Waals surface area contributed by atoms with Gasteiger partial charge in [0.15, 0.2) is 0 Å². The van der Waals surface area contributed by atoms with E-state index >= 15 is 0 Å². The lowest BCUT2D eigenvalue weighted by Gasteiger charge is -2.33. The minimum atomic E-state index is 0.159. The molecule has 4 rings (SSSR count). The normalized spacial score (nSPS) is 17.0. The topological polar surface area (TPSA) is 37.3 Å². The summed E-state index contributed by atoms with van der Waals surface area (Å²) in [5.74, 6) is 0.159. The van der Waals surface area contributed by atoms with Crippen molar-refractivity contribution in [1.29, 1.82) is 0 Å². The van der Waals surface area contributed by atoms with Crippen LogP contribution in [0.15, 0.2) is 54.7 Å². The molecule has 1 saturated heterocycles. The van der Waals surface area contributed by atoms with Gasteiger partial charge in [0.25, 0.3) is 0 Å². The average Bonchev–Trinajstić information content (AvgIpc) is 3.15. The Hall–Kier alpha value is -2.59. The van der Waals surface area contributed by atoms with Crippen molar-refractivity contribution in [3.8, 4) is 0 Å². The summed E-state index contributed by atoms with van der Waals surface area (Å²) in [7, 11) is 0. The van der Waals surface area contributed by atoms with E-state index in [4.69, 9.17) is 0 Å². The van der Waals surface area contributed by atoms with E-state index in [0.29, 0.717) is 12.5 Å². The molecule has 0 radical (unpaired) electrons. The second-order valence-corrected chi connectivity index (χ2v) is 9.37. The first kappa shape index (κ1) is 22.6. The Morgan fingerprint density at radius 2 is 1.91 bits per heavy atom. The van der Waals surface area contributed by atoms with Gasteiger partial charge in [-0.2, -0.15) is 0 Å². The van der Waals surface area contributed by atoms with Gasteiger partial charge in [0, 0.05) is 49.2 Å². The van der Waals surface area contributed by atoms with E-state index < -0.39 is 0 Å². The summed E-state index contributed by atoms with van der Waals surface area (Å²) in [6.07, 6.45) is 8.56. The van der Waals surface area contributed by atoms with Gasteiger partial charge in [0.1, 0.15) is 0 Å². The molecule has 0 spiro atoms. The van der Waals surface area contributed by atoms with Gasteiger partial charge in [0.2, 0.25) is 5.91 Å². The number of hydrogen-bond donors (Lipinski definition) is 1. The van der Waals surface area contributed by atoms with Gasteiger partial charge in [-0.15, -0.1) is 0 Å². The number of piperidine rings is 1. The van der Waals surface area contributed by atoms with Crippen LogP contribution >= 0.6 is 0 Å². The summed E-state index contributed by atoms with van der Waals surface area (Å²) >= 11 is 0. The molecule has 1 N–H and O–H groups in total. The molecule has 0 unspecified atom stereocenters. The summed E-state index contributed by atoms with van der Waals surface area (Å²) in [6, 6.07) is 17.9. The highest BCUT2D eigenvalue weighted by molar-refractivity contribution is 5.85. The van der Waals surface area contributed by atoms with E-state index in [9.17, 15) is 4.79 Å². The van der Waals surface area contributed by atoms with Crippen molar-refractivity contribution in [2.75, 3.05) is 19.6 Å². The zero-order valence-corrected chi connectivity index (χ0v) is 19.6. The number of benzene rings is 2. The first-order valence-corrected chi connectivity index (χ1v) is 12.2. The molecule has 2 aromatic carbocycles.